The Labute approximate surface area is 79.9 Å². The molecular weight excluding hydrogens is 162 g/mol. The normalized spacial score (nSPS) is 44.4. The molecule has 0 aliphatic heterocycles. The van der Waals surface area contributed by atoms with Crippen LogP contribution in [0, 0.1) is 17.3 Å². The highest BCUT2D eigenvalue weighted by molar-refractivity contribution is 5.81. The predicted molar refractivity (Wildman–Crippen MR) is 52.0 cm³/mol. The lowest BCUT2D eigenvalue weighted by Crippen LogP contribution is -2.45. The molecule has 2 rings (SSSR count). The summed E-state index contributed by atoms with van der Waals surface area (Å²) in [7, 11) is 0. The molecule has 0 aromatic heterocycles. The number of hydrogen-bond donors (Lipinski definition) is 1. The minimum atomic E-state index is -0.111. The van der Waals surface area contributed by atoms with Crippen LogP contribution < -0.4 is 5.73 Å². The van der Waals surface area contributed by atoms with E-state index in [0.29, 0.717) is 5.92 Å². The summed E-state index contributed by atoms with van der Waals surface area (Å²) in [4.78, 5) is 11.5. The molecule has 74 valence electrons. The first-order valence-electron chi connectivity index (χ1n) is 5.42. The van der Waals surface area contributed by atoms with Crippen LogP contribution in [0.4, 0.5) is 0 Å². The van der Waals surface area contributed by atoms with E-state index in [1.165, 1.54) is 19.3 Å². The SMILES string of the molecule is CC1CC2CCC[C@@](C(N)=O)(C1)C2. The molecule has 0 spiro atoms. The van der Waals surface area contributed by atoms with Gasteiger partial charge in [0.15, 0.2) is 0 Å². The van der Waals surface area contributed by atoms with Gasteiger partial charge >= 0.3 is 0 Å². The molecule has 0 radical (unpaired) electrons. The summed E-state index contributed by atoms with van der Waals surface area (Å²) in [5.74, 6) is 1.44. The molecule has 2 heteroatoms. The van der Waals surface area contributed by atoms with E-state index < -0.39 is 0 Å². The van der Waals surface area contributed by atoms with E-state index in [0.717, 1.165) is 25.2 Å². The standard InChI is InChI=1S/C11H19NO/c1-8-5-9-3-2-4-11(6-8,7-9)10(12)13/h8-9H,2-7H2,1H3,(H2,12,13)/t8?,9?,11-/m1/s1. The monoisotopic (exact) mass is 181 g/mol. The van der Waals surface area contributed by atoms with Gasteiger partial charge in [-0.05, 0) is 37.5 Å². The number of fused-ring (bicyclic) bond motifs is 2. The van der Waals surface area contributed by atoms with Gasteiger partial charge in [-0.25, -0.2) is 0 Å². The van der Waals surface area contributed by atoms with E-state index >= 15 is 0 Å². The van der Waals surface area contributed by atoms with Crippen LogP contribution in [-0.4, -0.2) is 5.91 Å². The van der Waals surface area contributed by atoms with Crippen molar-refractivity contribution in [1.29, 1.82) is 0 Å². The molecule has 0 saturated heterocycles. The van der Waals surface area contributed by atoms with Crippen LogP contribution in [0.5, 0.6) is 0 Å². The molecule has 2 aliphatic carbocycles. The van der Waals surface area contributed by atoms with Crippen molar-refractivity contribution in [1.82, 2.24) is 0 Å². The number of nitrogens with two attached hydrogens (primary N) is 1. The lowest BCUT2D eigenvalue weighted by atomic mass is 9.59. The first-order valence-corrected chi connectivity index (χ1v) is 5.42. The van der Waals surface area contributed by atoms with Crippen molar-refractivity contribution in [3.05, 3.63) is 0 Å². The maximum absolute atomic E-state index is 11.5. The van der Waals surface area contributed by atoms with Crippen LogP contribution in [0.1, 0.15) is 45.4 Å². The topological polar surface area (TPSA) is 43.1 Å². The zero-order valence-electron chi connectivity index (χ0n) is 8.38. The Morgan fingerprint density at radius 2 is 2.23 bits per heavy atom. The second-order valence-electron chi connectivity index (χ2n) is 5.15. The zero-order chi connectivity index (χ0) is 9.47. The fraction of sp³-hybridized carbons (Fsp3) is 0.909. The van der Waals surface area contributed by atoms with Gasteiger partial charge in [-0.1, -0.05) is 19.8 Å². The van der Waals surface area contributed by atoms with Gasteiger partial charge in [-0.15, -0.1) is 0 Å². The van der Waals surface area contributed by atoms with Gasteiger partial charge in [0.25, 0.3) is 0 Å². The quantitative estimate of drug-likeness (QED) is 0.661. The van der Waals surface area contributed by atoms with Gasteiger partial charge in [0.05, 0.1) is 0 Å². The minimum absolute atomic E-state index is 0.0382. The van der Waals surface area contributed by atoms with Crippen molar-refractivity contribution >= 4 is 5.91 Å². The van der Waals surface area contributed by atoms with E-state index in [9.17, 15) is 4.79 Å². The second kappa shape index (κ2) is 3.00. The van der Waals surface area contributed by atoms with Crippen LogP contribution >= 0.6 is 0 Å². The minimum Gasteiger partial charge on any atom is -0.369 e. The molecule has 2 nitrogen and oxygen atoms in total. The van der Waals surface area contributed by atoms with E-state index in [4.69, 9.17) is 5.73 Å². The first-order chi connectivity index (χ1) is 6.12. The molecule has 0 heterocycles. The molecule has 2 fully saturated rings. The van der Waals surface area contributed by atoms with Crippen molar-refractivity contribution in [3.8, 4) is 0 Å². The second-order valence-corrected chi connectivity index (χ2v) is 5.15. The van der Waals surface area contributed by atoms with Gasteiger partial charge in [-0.3, -0.25) is 4.79 Å². The lowest BCUT2D eigenvalue weighted by molar-refractivity contribution is -0.134. The Morgan fingerprint density at radius 3 is 2.92 bits per heavy atom. The predicted octanol–water partition coefficient (Wildman–Crippen LogP) is 2.08. The smallest absolute Gasteiger partial charge is 0.223 e. The van der Waals surface area contributed by atoms with Crippen molar-refractivity contribution < 1.29 is 4.79 Å². The molecule has 2 bridgehead atoms. The van der Waals surface area contributed by atoms with E-state index in [-0.39, 0.29) is 11.3 Å². The molecule has 2 unspecified atom stereocenters. The number of carbonyl (C=O) groups is 1. The number of rotatable bonds is 1. The summed E-state index contributed by atoms with van der Waals surface area (Å²) in [6.45, 7) is 2.26. The molecule has 1 amide bonds. The number of hydrogen-bond acceptors (Lipinski definition) is 1. The van der Waals surface area contributed by atoms with E-state index in [1.54, 1.807) is 0 Å². The summed E-state index contributed by atoms with van der Waals surface area (Å²) in [6, 6.07) is 0. The Hall–Kier alpha value is -0.530. The highest BCUT2D eigenvalue weighted by atomic mass is 16.1. The summed E-state index contributed by atoms with van der Waals surface area (Å²) >= 11 is 0. The van der Waals surface area contributed by atoms with Gasteiger partial charge in [0, 0.05) is 5.41 Å². The highest BCUT2D eigenvalue weighted by Crippen LogP contribution is 2.50. The molecule has 2 N–H and O–H groups in total. The average molecular weight is 181 g/mol. The Kier molecular flexibility index (Phi) is 2.09. The summed E-state index contributed by atoms with van der Waals surface area (Å²) in [5, 5.41) is 0. The average Bonchev–Trinajstić information content (AvgIpc) is 2.02. The molecule has 2 aliphatic rings. The number of amides is 1. The zero-order valence-corrected chi connectivity index (χ0v) is 8.38. The van der Waals surface area contributed by atoms with Crippen LogP contribution in [0.25, 0.3) is 0 Å². The van der Waals surface area contributed by atoms with Gasteiger partial charge < -0.3 is 5.73 Å². The largest absolute Gasteiger partial charge is 0.369 e. The number of carbonyl (C=O) groups excluding carboxylic acids is 1. The van der Waals surface area contributed by atoms with E-state index in [2.05, 4.69) is 6.92 Å². The molecule has 2 saturated carbocycles. The third-order valence-corrected chi connectivity index (χ3v) is 3.94. The molecular formula is C11H19NO. The van der Waals surface area contributed by atoms with E-state index in [1.807, 2.05) is 0 Å². The van der Waals surface area contributed by atoms with Crippen molar-refractivity contribution in [3.63, 3.8) is 0 Å². The Bertz CT molecular complexity index is 222. The van der Waals surface area contributed by atoms with Gasteiger partial charge in [-0.2, -0.15) is 0 Å². The molecule has 0 aromatic carbocycles. The third kappa shape index (κ3) is 1.47. The van der Waals surface area contributed by atoms with Crippen LogP contribution in [0.3, 0.4) is 0 Å². The van der Waals surface area contributed by atoms with Crippen molar-refractivity contribution in [2.24, 2.45) is 23.0 Å². The molecule has 0 aromatic rings. The molecule has 13 heavy (non-hydrogen) atoms. The maximum atomic E-state index is 11.5. The summed E-state index contributed by atoms with van der Waals surface area (Å²) < 4.78 is 0. The Balaban J connectivity index is 2.20. The van der Waals surface area contributed by atoms with Crippen molar-refractivity contribution in [2.45, 2.75) is 45.4 Å². The summed E-state index contributed by atoms with van der Waals surface area (Å²) in [5.41, 5.74) is 5.42. The fourth-order valence-corrected chi connectivity index (χ4v) is 3.52. The lowest BCUT2D eigenvalue weighted by Gasteiger charge is -2.45. The summed E-state index contributed by atoms with van der Waals surface area (Å²) in [6.07, 6.45) is 7.00. The molecule has 3 atom stereocenters. The van der Waals surface area contributed by atoms with Crippen LogP contribution in [0.2, 0.25) is 0 Å². The van der Waals surface area contributed by atoms with Crippen LogP contribution in [0.15, 0.2) is 0 Å². The van der Waals surface area contributed by atoms with Crippen LogP contribution in [-0.2, 0) is 4.79 Å². The van der Waals surface area contributed by atoms with Gasteiger partial charge in [0.1, 0.15) is 0 Å². The first kappa shape index (κ1) is 9.04. The fourth-order valence-electron chi connectivity index (χ4n) is 3.52. The van der Waals surface area contributed by atoms with Crippen molar-refractivity contribution in [2.75, 3.05) is 0 Å². The highest BCUT2D eigenvalue weighted by Gasteiger charge is 2.45. The third-order valence-electron chi connectivity index (χ3n) is 3.94. The Morgan fingerprint density at radius 1 is 1.46 bits per heavy atom. The number of primary amides is 1. The van der Waals surface area contributed by atoms with Gasteiger partial charge in [0.2, 0.25) is 5.91 Å². The maximum Gasteiger partial charge on any atom is 0.223 e.